The fourth-order valence-electron chi connectivity index (χ4n) is 4.99. The Bertz CT molecular complexity index is 1570. The van der Waals surface area contributed by atoms with E-state index in [1.54, 1.807) is 24.4 Å². The van der Waals surface area contributed by atoms with E-state index < -0.39 is 28.0 Å². The molecule has 4 heterocycles. The number of nitrogens with zero attached hydrogens (tertiary/aromatic N) is 3. The third-order valence-corrected chi connectivity index (χ3v) is 9.22. The first-order chi connectivity index (χ1) is 19.2. The maximum absolute atomic E-state index is 13.2. The van der Waals surface area contributed by atoms with Crippen LogP contribution in [-0.4, -0.2) is 72.6 Å². The van der Waals surface area contributed by atoms with Crippen LogP contribution in [0.4, 0.5) is 5.69 Å². The molecule has 3 aromatic rings. The summed E-state index contributed by atoms with van der Waals surface area (Å²) in [7, 11) is -3.90. The van der Waals surface area contributed by atoms with Crippen LogP contribution in [0.5, 0.6) is 0 Å². The third-order valence-electron chi connectivity index (χ3n) is 6.92. The van der Waals surface area contributed by atoms with Crippen molar-refractivity contribution in [3.63, 3.8) is 0 Å². The van der Waals surface area contributed by atoms with Crippen LogP contribution in [0, 0.1) is 0 Å². The van der Waals surface area contributed by atoms with Gasteiger partial charge in [0.15, 0.2) is 0 Å². The Balaban J connectivity index is 1.19. The standard InChI is InChI=1S/C27H28ClN5O5S2/c28-24-10-8-20(39-24)11-15-40(37,38)31-22-5-2-13-32(27(22)36)17-25(34)33-14-3-6-23(33)26(35)30-19-7-9-21-18(16-19)4-1-12-29-21/h1,4,7-12,15-16,22-23,31H,2-3,5-6,13-14,17H2,(H,30,35)/b15-11+. The number of nitrogens with one attached hydrogen (secondary N) is 2. The first kappa shape index (κ1) is 28.2. The van der Waals surface area contributed by atoms with Gasteiger partial charge in [-0.3, -0.25) is 19.4 Å². The lowest BCUT2D eigenvalue weighted by molar-refractivity contribution is -0.144. The van der Waals surface area contributed by atoms with Gasteiger partial charge in [0.25, 0.3) is 0 Å². The van der Waals surface area contributed by atoms with Crippen molar-refractivity contribution in [2.24, 2.45) is 0 Å². The second-order valence-electron chi connectivity index (χ2n) is 9.71. The third kappa shape index (κ3) is 6.69. The summed E-state index contributed by atoms with van der Waals surface area (Å²) in [4.78, 5) is 47.3. The number of amides is 3. The van der Waals surface area contributed by atoms with Crippen molar-refractivity contribution in [1.82, 2.24) is 19.5 Å². The number of hydrogen-bond donors (Lipinski definition) is 2. The van der Waals surface area contributed by atoms with Crippen LogP contribution in [0.1, 0.15) is 30.6 Å². The van der Waals surface area contributed by atoms with Crippen molar-refractivity contribution in [2.75, 3.05) is 25.0 Å². The zero-order valence-corrected chi connectivity index (χ0v) is 23.8. The molecular weight excluding hydrogens is 574 g/mol. The van der Waals surface area contributed by atoms with Crippen LogP contribution < -0.4 is 10.0 Å². The second-order valence-corrected chi connectivity index (χ2v) is 13.1. The molecule has 2 aliphatic heterocycles. The van der Waals surface area contributed by atoms with Gasteiger partial charge in [0.2, 0.25) is 27.7 Å². The minimum atomic E-state index is -3.90. The minimum absolute atomic E-state index is 0.216. The minimum Gasteiger partial charge on any atom is -0.332 e. The summed E-state index contributed by atoms with van der Waals surface area (Å²) in [5, 5.41) is 4.80. The van der Waals surface area contributed by atoms with E-state index in [0.717, 1.165) is 16.3 Å². The maximum Gasteiger partial charge on any atom is 0.247 e. The second kappa shape index (κ2) is 12.0. The molecule has 3 amide bonds. The highest BCUT2D eigenvalue weighted by Crippen LogP contribution is 2.24. The topological polar surface area (TPSA) is 129 Å². The molecule has 1 aromatic carbocycles. The van der Waals surface area contributed by atoms with E-state index in [4.69, 9.17) is 11.6 Å². The highest BCUT2D eigenvalue weighted by molar-refractivity contribution is 7.92. The van der Waals surface area contributed by atoms with E-state index in [1.807, 2.05) is 24.3 Å². The largest absolute Gasteiger partial charge is 0.332 e. The number of sulfonamides is 1. The number of likely N-dealkylation sites (tertiary alicyclic amines) is 2. The predicted octanol–water partition coefficient (Wildman–Crippen LogP) is 3.46. The molecule has 210 valence electrons. The first-order valence-corrected chi connectivity index (χ1v) is 15.6. The van der Waals surface area contributed by atoms with Crippen molar-refractivity contribution in [1.29, 1.82) is 0 Å². The van der Waals surface area contributed by atoms with E-state index in [9.17, 15) is 22.8 Å². The molecule has 0 bridgehead atoms. The number of piperidine rings is 1. The molecule has 13 heteroatoms. The Hall–Kier alpha value is -3.32. The van der Waals surface area contributed by atoms with Gasteiger partial charge in [-0.05, 0) is 68.2 Å². The molecule has 2 atom stereocenters. The van der Waals surface area contributed by atoms with Crippen molar-refractivity contribution >= 4 is 73.3 Å². The molecule has 2 aromatic heterocycles. The average Bonchev–Trinajstić information content (AvgIpc) is 3.59. The van der Waals surface area contributed by atoms with E-state index in [0.29, 0.717) is 53.7 Å². The molecule has 2 fully saturated rings. The van der Waals surface area contributed by atoms with Gasteiger partial charge in [-0.1, -0.05) is 17.7 Å². The Labute approximate surface area is 241 Å². The molecule has 0 saturated carbocycles. The monoisotopic (exact) mass is 601 g/mol. The van der Waals surface area contributed by atoms with Crippen LogP contribution in [0.2, 0.25) is 4.34 Å². The average molecular weight is 602 g/mol. The highest BCUT2D eigenvalue weighted by atomic mass is 35.5. The van der Waals surface area contributed by atoms with Crippen LogP contribution >= 0.6 is 22.9 Å². The van der Waals surface area contributed by atoms with Crippen LogP contribution in [0.3, 0.4) is 0 Å². The Morgan fingerprint density at radius 2 is 1.95 bits per heavy atom. The van der Waals surface area contributed by atoms with Gasteiger partial charge in [0.1, 0.15) is 12.1 Å². The lowest BCUT2D eigenvalue weighted by atomic mass is 10.1. The number of aromatic nitrogens is 1. The fourth-order valence-corrected chi connectivity index (χ4v) is 7.06. The Kier molecular flexibility index (Phi) is 8.50. The number of rotatable bonds is 8. The molecular formula is C27H28ClN5O5S2. The summed E-state index contributed by atoms with van der Waals surface area (Å²) >= 11 is 7.12. The SMILES string of the molecule is O=C(Nc1ccc2ncccc2c1)C1CCCN1C(=O)CN1CCCC(NS(=O)(=O)/C=C/c2ccc(Cl)s2)C1=O. The zero-order chi connectivity index (χ0) is 28.3. The molecule has 5 rings (SSSR count). The summed E-state index contributed by atoms with van der Waals surface area (Å²) in [5.41, 5.74) is 1.43. The van der Waals surface area contributed by atoms with Crippen LogP contribution in [0.25, 0.3) is 17.0 Å². The van der Waals surface area contributed by atoms with E-state index >= 15 is 0 Å². The molecule has 10 nitrogen and oxygen atoms in total. The van der Waals surface area contributed by atoms with E-state index in [1.165, 1.54) is 27.2 Å². The van der Waals surface area contributed by atoms with Crippen molar-refractivity contribution < 1.29 is 22.8 Å². The lowest BCUT2D eigenvalue weighted by Crippen LogP contribution is -2.55. The number of halogens is 1. The number of fused-ring (bicyclic) bond motifs is 1. The summed E-state index contributed by atoms with van der Waals surface area (Å²) in [5.74, 6) is -1.09. The van der Waals surface area contributed by atoms with Gasteiger partial charge in [-0.25, -0.2) is 8.42 Å². The summed E-state index contributed by atoms with van der Waals surface area (Å²) < 4.78 is 28.1. The predicted molar refractivity (Wildman–Crippen MR) is 155 cm³/mol. The lowest BCUT2D eigenvalue weighted by Gasteiger charge is -2.33. The van der Waals surface area contributed by atoms with Gasteiger partial charge in [0, 0.05) is 40.6 Å². The van der Waals surface area contributed by atoms with Gasteiger partial charge in [-0.15, -0.1) is 11.3 Å². The Morgan fingerprint density at radius 3 is 2.75 bits per heavy atom. The number of hydrogen-bond acceptors (Lipinski definition) is 7. The smallest absolute Gasteiger partial charge is 0.247 e. The number of benzene rings is 1. The molecule has 2 N–H and O–H groups in total. The molecule has 2 aliphatic rings. The van der Waals surface area contributed by atoms with Gasteiger partial charge < -0.3 is 15.1 Å². The van der Waals surface area contributed by atoms with Gasteiger partial charge >= 0.3 is 0 Å². The molecule has 0 radical (unpaired) electrons. The fraction of sp³-hybridized carbons (Fsp3) is 0.333. The van der Waals surface area contributed by atoms with E-state index in [-0.39, 0.29) is 18.4 Å². The molecule has 2 unspecified atom stereocenters. The number of anilines is 1. The first-order valence-electron chi connectivity index (χ1n) is 12.9. The number of pyridine rings is 1. The van der Waals surface area contributed by atoms with Crippen molar-refractivity contribution in [2.45, 2.75) is 37.8 Å². The quantitative estimate of drug-likeness (QED) is 0.407. The molecule has 2 saturated heterocycles. The molecule has 0 spiro atoms. The van der Waals surface area contributed by atoms with Crippen molar-refractivity contribution in [3.05, 3.63) is 63.3 Å². The van der Waals surface area contributed by atoms with Crippen LogP contribution in [0.15, 0.2) is 54.1 Å². The highest BCUT2D eigenvalue weighted by Gasteiger charge is 2.37. The van der Waals surface area contributed by atoms with Crippen molar-refractivity contribution in [3.8, 4) is 0 Å². The maximum atomic E-state index is 13.2. The van der Waals surface area contributed by atoms with Gasteiger partial charge in [0.05, 0.1) is 16.4 Å². The van der Waals surface area contributed by atoms with E-state index in [2.05, 4.69) is 15.0 Å². The number of carbonyl (C=O) groups is 3. The van der Waals surface area contributed by atoms with Gasteiger partial charge in [-0.2, -0.15) is 4.72 Å². The Morgan fingerprint density at radius 1 is 1.12 bits per heavy atom. The summed E-state index contributed by atoms with van der Waals surface area (Å²) in [6.45, 7) is 0.530. The normalized spacial score (nSPS) is 20.0. The molecule has 40 heavy (non-hydrogen) atoms. The van der Waals surface area contributed by atoms with Crippen LogP contribution in [-0.2, 0) is 24.4 Å². The zero-order valence-electron chi connectivity index (χ0n) is 21.5. The number of carbonyl (C=O) groups excluding carboxylic acids is 3. The summed E-state index contributed by atoms with van der Waals surface area (Å²) in [6, 6.07) is 10.9. The molecule has 0 aliphatic carbocycles. The summed E-state index contributed by atoms with van der Waals surface area (Å²) in [6.07, 6.45) is 5.18. The number of thiophene rings is 1.